The third-order valence-corrected chi connectivity index (χ3v) is 9.03. The first-order valence-electron chi connectivity index (χ1n) is 12.4. The lowest BCUT2D eigenvalue weighted by atomic mass is 9.75. The summed E-state index contributed by atoms with van der Waals surface area (Å²) in [5.41, 5.74) is -1.59. The van der Waals surface area contributed by atoms with Crippen molar-refractivity contribution in [2.45, 2.75) is 56.7 Å². The number of aliphatic hydroxyl groups is 1. The summed E-state index contributed by atoms with van der Waals surface area (Å²) in [5, 5.41) is 16.6. The van der Waals surface area contributed by atoms with Crippen LogP contribution in [0.2, 0.25) is 0 Å². The maximum Gasteiger partial charge on any atom is 0.344 e. The summed E-state index contributed by atoms with van der Waals surface area (Å²) in [5.74, 6) is 0.0512. The van der Waals surface area contributed by atoms with Crippen molar-refractivity contribution in [1.29, 1.82) is 0 Å². The summed E-state index contributed by atoms with van der Waals surface area (Å²) in [6.07, 6.45) is 9.42. The van der Waals surface area contributed by atoms with E-state index in [1.54, 1.807) is 12.3 Å². The normalized spacial score (nSPS) is 27.9. The molecule has 10 heteroatoms. The third kappa shape index (κ3) is 5.45. The van der Waals surface area contributed by atoms with Gasteiger partial charge >= 0.3 is 5.97 Å². The molecular weight excluding hydrogens is 532 g/mol. The van der Waals surface area contributed by atoms with E-state index < -0.39 is 11.6 Å². The molecular formula is C25H33BrN4O4S. The Hall–Kier alpha value is -1.88. The number of aromatic nitrogens is 2. The Morgan fingerprint density at radius 2 is 1.94 bits per heavy atom. The van der Waals surface area contributed by atoms with E-state index in [0.717, 1.165) is 58.0 Å². The van der Waals surface area contributed by atoms with Gasteiger partial charge in [0.25, 0.3) is 5.91 Å². The van der Waals surface area contributed by atoms with Crippen LogP contribution in [0, 0.1) is 11.8 Å². The predicted molar refractivity (Wildman–Crippen MR) is 128 cm³/mol. The predicted octanol–water partition coefficient (Wildman–Crippen LogP) is 0.101. The third-order valence-electron chi connectivity index (χ3n) is 8.03. The van der Waals surface area contributed by atoms with E-state index in [2.05, 4.69) is 15.3 Å². The number of nitrogens with zero attached hydrogens (tertiary/aromatic N) is 3. The van der Waals surface area contributed by atoms with E-state index in [-0.39, 0.29) is 40.8 Å². The molecule has 6 rings (SSSR count). The summed E-state index contributed by atoms with van der Waals surface area (Å²) in [6, 6.07) is 5.40. The molecule has 2 N–H and O–H groups in total. The molecule has 3 saturated heterocycles. The molecule has 3 aliphatic heterocycles. The van der Waals surface area contributed by atoms with Crippen LogP contribution < -0.4 is 22.3 Å². The summed E-state index contributed by atoms with van der Waals surface area (Å²) < 4.78 is 6.75. The Bertz CT molecular complexity index is 994. The summed E-state index contributed by atoms with van der Waals surface area (Å²) in [4.78, 5) is 35.0. The first-order valence-corrected chi connectivity index (χ1v) is 13.2. The maximum atomic E-state index is 13.6. The second-order valence-electron chi connectivity index (χ2n) is 10.1. The number of thiophene rings is 1. The average molecular weight is 566 g/mol. The van der Waals surface area contributed by atoms with Gasteiger partial charge in [-0.05, 0) is 30.4 Å². The van der Waals surface area contributed by atoms with Crippen molar-refractivity contribution >= 4 is 29.0 Å². The number of hydrogen-bond acceptors (Lipinski definition) is 7. The number of hydrogen-bond donors (Lipinski definition) is 2. The molecule has 1 saturated carbocycles. The number of anilines is 1. The standard InChI is InChI=1S/C25H32N4O4S.BrH/c30-23(28-22-8-11-26-17-27-22)16-29-12-9-18(10-13-29)20(15-29)33-24(31)25(32,21-7-4-14-34-21)19-5-2-1-3-6-19;/h4,7-8,11,14,17-20,32H,1-3,5-6,9-10,12-13,15-16H2;1H/t18?,20?,25-,29?;/m0./s1. The van der Waals surface area contributed by atoms with Crippen LogP contribution in [0.3, 0.4) is 0 Å². The van der Waals surface area contributed by atoms with Crippen molar-refractivity contribution in [3.05, 3.63) is 41.0 Å². The van der Waals surface area contributed by atoms with Gasteiger partial charge in [-0.3, -0.25) is 4.79 Å². The highest BCUT2D eigenvalue weighted by Crippen LogP contribution is 2.43. The van der Waals surface area contributed by atoms with Gasteiger partial charge in [-0.15, -0.1) is 11.3 Å². The molecule has 2 atom stereocenters. The van der Waals surface area contributed by atoms with Crippen LogP contribution in [0.4, 0.5) is 5.82 Å². The Labute approximate surface area is 220 Å². The second kappa shape index (κ2) is 11.0. The number of ether oxygens (including phenoxy) is 1. The van der Waals surface area contributed by atoms with E-state index in [1.807, 2.05) is 17.5 Å². The Balaban J connectivity index is 0.00000289. The zero-order valence-electron chi connectivity index (χ0n) is 19.8. The summed E-state index contributed by atoms with van der Waals surface area (Å²) in [7, 11) is 0. The Morgan fingerprint density at radius 3 is 2.60 bits per heavy atom. The number of carbonyl (C=O) groups excluding carboxylic acids is 2. The van der Waals surface area contributed by atoms with Gasteiger partial charge in [0.1, 0.15) is 18.7 Å². The molecule has 2 bridgehead atoms. The molecule has 4 aliphatic rings. The fraction of sp³-hybridized carbons (Fsp3) is 0.600. The molecule has 5 heterocycles. The van der Waals surface area contributed by atoms with Crippen LogP contribution in [-0.2, 0) is 19.9 Å². The van der Waals surface area contributed by atoms with Gasteiger partial charge in [-0.1, -0.05) is 25.3 Å². The van der Waals surface area contributed by atoms with E-state index in [0.29, 0.717) is 28.3 Å². The van der Waals surface area contributed by atoms with Gasteiger partial charge in [0, 0.05) is 35.8 Å². The fourth-order valence-electron chi connectivity index (χ4n) is 6.14. The van der Waals surface area contributed by atoms with Crippen molar-refractivity contribution in [3.8, 4) is 0 Å². The van der Waals surface area contributed by atoms with Crippen molar-refractivity contribution < 1.29 is 40.9 Å². The van der Waals surface area contributed by atoms with Gasteiger partial charge in [-0.2, -0.15) is 0 Å². The number of carbonyl (C=O) groups is 2. The zero-order valence-corrected chi connectivity index (χ0v) is 22.2. The SMILES string of the molecule is O=C(C[N+]12CCC(CC1)C(OC(=O)[C@@](O)(c1cccs1)C1CCCCC1)C2)Nc1ccncn1.[Br-]. The van der Waals surface area contributed by atoms with Crippen LogP contribution in [0.5, 0.6) is 0 Å². The largest absolute Gasteiger partial charge is 1.00 e. The van der Waals surface area contributed by atoms with Crippen molar-refractivity contribution in [2.75, 3.05) is 31.5 Å². The number of quaternary nitrogens is 1. The van der Waals surface area contributed by atoms with E-state index in [1.165, 1.54) is 17.7 Å². The highest BCUT2D eigenvalue weighted by molar-refractivity contribution is 7.10. The van der Waals surface area contributed by atoms with Crippen molar-refractivity contribution in [1.82, 2.24) is 9.97 Å². The van der Waals surface area contributed by atoms with Gasteiger partial charge in [0.15, 0.2) is 18.2 Å². The molecule has 8 nitrogen and oxygen atoms in total. The minimum Gasteiger partial charge on any atom is -1.00 e. The number of piperidine rings is 3. The molecule has 1 amide bonds. The van der Waals surface area contributed by atoms with E-state index in [9.17, 15) is 14.7 Å². The first kappa shape index (κ1) is 26.2. The highest BCUT2D eigenvalue weighted by Gasteiger charge is 2.53. The lowest BCUT2D eigenvalue weighted by molar-refractivity contribution is -0.939. The van der Waals surface area contributed by atoms with Crippen molar-refractivity contribution in [3.63, 3.8) is 0 Å². The van der Waals surface area contributed by atoms with Gasteiger partial charge in [0.2, 0.25) is 0 Å². The number of amides is 1. The number of esters is 1. The first-order chi connectivity index (χ1) is 16.5. The lowest BCUT2D eigenvalue weighted by Gasteiger charge is -2.52. The quantitative estimate of drug-likeness (QED) is 0.365. The number of fused-ring (bicyclic) bond motifs is 3. The maximum absolute atomic E-state index is 13.6. The van der Waals surface area contributed by atoms with E-state index >= 15 is 0 Å². The molecule has 190 valence electrons. The highest BCUT2D eigenvalue weighted by atomic mass is 79.9. The van der Waals surface area contributed by atoms with Crippen LogP contribution in [0.15, 0.2) is 36.1 Å². The van der Waals surface area contributed by atoms with E-state index in [4.69, 9.17) is 4.74 Å². The molecule has 2 aromatic rings. The molecule has 0 radical (unpaired) electrons. The second-order valence-corrected chi connectivity index (χ2v) is 11.1. The molecule has 35 heavy (non-hydrogen) atoms. The Kier molecular flexibility index (Phi) is 8.25. The zero-order chi connectivity index (χ0) is 23.6. The lowest BCUT2D eigenvalue weighted by Crippen LogP contribution is -3.00. The molecule has 1 unspecified atom stereocenters. The van der Waals surface area contributed by atoms with Crippen LogP contribution in [0.25, 0.3) is 0 Å². The van der Waals surface area contributed by atoms with Crippen LogP contribution >= 0.6 is 11.3 Å². The van der Waals surface area contributed by atoms with Gasteiger partial charge in [0.05, 0.1) is 13.1 Å². The van der Waals surface area contributed by atoms with Crippen LogP contribution in [-0.4, -0.2) is 63.7 Å². The minimum absolute atomic E-state index is 0. The Morgan fingerprint density at radius 1 is 1.17 bits per heavy atom. The molecule has 2 aromatic heterocycles. The topological polar surface area (TPSA) is 101 Å². The molecule has 0 aromatic carbocycles. The smallest absolute Gasteiger partial charge is 0.344 e. The minimum atomic E-state index is -1.59. The number of nitrogens with one attached hydrogen (secondary N) is 1. The molecule has 4 fully saturated rings. The molecule has 1 aliphatic carbocycles. The van der Waals surface area contributed by atoms with Gasteiger partial charge < -0.3 is 36.6 Å². The summed E-state index contributed by atoms with van der Waals surface area (Å²) in [6.45, 7) is 2.73. The summed E-state index contributed by atoms with van der Waals surface area (Å²) >= 11 is 1.42. The average Bonchev–Trinajstić information content (AvgIpc) is 3.40. The molecule has 0 spiro atoms. The monoisotopic (exact) mass is 564 g/mol. The number of rotatable bonds is 7. The fourth-order valence-corrected chi connectivity index (χ4v) is 7.03. The van der Waals surface area contributed by atoms with Crippen LogP contribution in [0.1, 0.15) is 49.8 Å². The number of halogens is 1. The van der Waals surface area contributed by atoms with Crippen molar-refractivity contribution in [2.24, 2.45) is 11.8 Å². The van der Waals surface area contributed by atoms with Gasteiger partial charge in [-0.25, -0.2) is 14.8 Å².